The average molecular weight is 202 g/mol. The minimum absolute atomic E-state index is 0.348. The Kier molecular flexibility index (Phi) is 2.90. The maximum Gasteiger partial charge on any atom is 0.163 e. The summed E-state index contributed by atoms with van der Waals surface area (Å²) in [6.07, 6.45) is 5.04. The van der Waals surface area contributed by atoms with Crippen molar-refractivity contribution in [2.45, 2.75) is 46.0 Å². The average Bonchev–Trinajstić information content (AvgIpc) is 2.41. The molecule has 1 aliphatic carbocycles. The molecule has 0 atom stereocenters. The maximum atomic E-state index is 11.9. The van der Waals surface area contributed by atoms with Gasteiger partial charge in [0, 0.05) is 12.0 Å². The van der Waals surface area contributed by atoms with Crippen molar-refractivity contribution >= 4 is 5.78 Å². The molecule has 0 saturated heterocycles. The van der Waals surface area contributed by atoms with E-state index in [9.17, 15) is 4.79 Å². The van der Waals surface area contributed by atoms with Crippen LogP contribution in [0.15, 0.2) is 12.1 Å². The molecule has 0 saturated carbocycles. The van der Waals surface area contributed by atoms with Crippen LogP contribution in [0.2, 0.25) is 0 Å². The van der Waals surface area contributed by atoms with Gasteiger partial charge in [-0.3, -0.25) is 4.79 Å². The van der Waals surface area contributed by atoms with E-state index >= 15 is 0 Å². The Morgan fingerprint density at radius 3 is 2.67 bits per heavy atom. The van der Waals surface area contributed by atoms with Crippen molar-refractivity contribution in [3.63, 3.8) is 0 Å². The summed E-state index contributed by atoms with van der Waals surface area (Å²) in [4.78, 5) is 11.9. The summed E-state index contributed by atoms with van der Waals surface area (Å²) < 4.78 is 0. The predicted molar refractivity (Wildman–Crippen MR) is 62.4 cm³/mol. The maximum absolute atomic E-state index is 11.9. The summed E-state index contributed by atoms with van der Waals surface area (Å²) in [5, 5.41) is 0. The second-order valence-corrected chi connectivity index (χ2v) is 4.42. The standard InChI is InChI=1S/C14H18O/c1-3-11-8-10(2)12-6-4-5-7-14(15)13(12)9-11/h8-9H,3-7H2,1-2H3. The van der Waals surface area contributed by atoms with Gasteiger partial charge < -0.3 is 0 Å². The number of carbonyl (C=O) groups excluding carboxylic acids is 1. The molecular formula is C14H18O. The largest absolute Gasteiger partial charge is 0.294 e. The Morgan fingerprint density at radius 1 is 1.20 bits per heavy atom. The number of hydrogen-bond acceptors (Lipinski definition) is 1. The first kappa shape index (κ1) is 10.4. The van der Waals surface area contributed by atoms with Gasteiger partial charge in [-0.15, -0.1) is 0 Å². The van der Waals surface area contributed by atoms with Crippen LogP contribution in [0, 0.1) is 6.92 Å². The van der Waals surface area contributed by atoms with E-state index < -0.39 is 0 Å². The first-order valence-electron chi connectivity index (χ1n) is 5.88. The summed E-state index contributed by atoms with van der Waals surface area (Å²) in [6, 6.07) is 4.34. The van der Waals surface area contributed by atoms with Crippen molar-refractivity contribution < 1.29 is 4.79 Å². The zero-order chi connectivity index (χ0) is 10.8. The van der Waals surface area contributed by atoms with Crippen LogP contribution in [-0.4, -0.2) is 5.78 Å². The molecule has 0 aliphatic heterocycles. The molecule has 0 radical (unpaired) electrons. The van der Waals surface area contributed by atoms with Gasteiger partial charge in [-0.05, 0) is 55.4 Å². The lowest BCUT2D eigenvalue weighted by atomic mass is 9.94. The Hall–Kier alpha value is -1.11. The SMILES string of the molecule is CCc1cc(C)c2c(c1)C(=O)CCCC2. The van der Waals surface area contributed by atoms with Gasteiger partial charge in [-0.2, -0.15) is 0 Å². The molecule has 0 amide bonds. The van der Waals surface area contributed by atoms with Gasteiger partial charge in [0.1, 0.15) is 0 Å². The highest BCUT2D eigenvalue weighted by atomic mass is 16.1. The lowest BCUT2D eigenvalue weighted by Gasteiger charge is -2.10. The fraction of sp³-hybridized carbons (Fsp3) is 0.500. The van der Waals surface area contributed by atoms with Crippen LogP contribution in [0.4, 0.5) is 0 Å². The highest BCUT2D eigenvalue weighted by Gasteiger charge is 2.17. The zero-order valence-corrected chi connectivity index (χ0v) is 9.60. The van der Waals surface area contributed by atoms with Crippen molar-refractivity contribution in [1.29, 1.82) is 0 Å². The number of hydrogen-bond donors (Lipinski definition) is 0. The third-order valence-electron chi connectivity index (χ3n) is 3.32. The summed E-state index contributed by atoms with van der Waals surface area (Å²) >= 11 is 0. The monoisotopic (exact) mass is 202 g/mol. The molecule has 0 aromatic heterocycles. The molecule has 0 N–H and O–H groups in total. The Balaban J connectivity index is 2.55. The molecule has 0 heterocycles. The van der Waals surface area contributed by atoms with Gasteiger partial charge in [0.05, 0.1) is 0 Å². The van der Waals surface area contributed by atoms with Gasteiger partial charge in [0.25, 0.3) is 0 Å². The molecule has 0 bridgehead atoms. The summed E-state index contributed by atoms with van der Waals surface area (Å²) in [6.45, 7) is 4.28. The lowest BCUT2D eigenvalue weighted by Crippen LogP contribution is -2.03. The summed E-state index contributed by atoms with van der Waals surface area (Å²) in [5.74, 6) is 0.348. The van der Waals surface area contributed by atoms with Crippen molar-refractivity contribution in [3.8, 4) is 0 Å². The Labute approximate surface area is 91.5 Å². The molecule has 1 heteroatoms. The van der Waals surface area contributed by atoms with E-state index in [1.54, 1.807) is 0 Å². The summed E-state index contributed by atoms with van der Waals surface area (Å²) in [5.41, 5.74) is 4.90. The fourth-order valence-electron chi connectivity index (χ4n) is 2.40. The molecule has 0 spiro atoms. The van der Waals surface area contributed by atoms with E-state index in [0.29, 0.717) is 5.78 Å². The quantitative estimate of drug-likeness (QED) is 0.637. The van der Waals surface area contributed by atoms with E-state index in [1.807, 2.05) is 0 Å². The molecule has 1 nitrogen and oxygen atoms in total. The summed E-state index contributed by atoms with van der Waals surface area (Å²) in [7, 11) is 0. The number of Topliss-reactive ketones (excluding diaryl/α,β-unsaturated/α-hetero) is 1. The van der Waals surface area contributed by atoms with Crippen molar-refractivity contribution in [3.05, 3.63) is 34.4 Å². The number of fused-ring (bicyclic) bond motifs is 1. The molecule has 0 fully saturated rings. The van der Waals surface area contributed by atoms with Crippen molar-refractivity contribution in [2.75, 3.05) is 0 Å². The number of aryl methyl sites for hydroxylation is 2. The van der Waals surface area contributed by atoms with Gasteiger partial charge in [0.2, 0.25) is 0 Å². The molecule has 15 heavy (non-hydrogen) atoms. The van der Waals surface area contributed by atoms with E-state index in [1.165, 1.54) is 16.7 Å². The highest BCUT2D eigenvalue weighted by molar-refractivity contribution is 5.98. The molecule has 80 valence electrons. The van der Waals surface area contributed by atoms with E-state index in [-0.39, 0.29) is 0 Å². The fourth-order valence-corrected chi connectivity index (χ4v) is 2.40. The normalized spacial score (nSPS) is 16.0. The second kappa shape index (κ2) is 4.18. The van der Waals surface area contributed by atoms with Crippen LogP contribution in [0.25, 0.3) is 0 Å². The van der Waals surface area contributed by atoms with E-state index in [4.69, 9.17) is 0 Å². The van der Waals surface area contributed by atoms with Crippen molar-refractivity contribution in [1.82, 2.24) is 0 Å². The topological polar surface area (TPSA) is 17.1 Å². The predicted octanol–water partition coefficient (Wildman–Crippen LogP) is 3.47. The minimum Gasteiger partial charge on any atom is -0.294 e. The van der Waals surface area contributed by atoms with Crippen LogP contribution in [0.3, 0.4) is 0 Å². The van der Waals surface area contributed by atoms with Crippen LogP contribution in [0.5, 0.6) is 0 Å². The number of carbonyl (C=O) groups is 1. The lowest BCUT2D eigenvalue weighted by molar-refractivity contribution is 0.0982. The van der Waals surface area contributed by atoms with Crippen LogP contribution < -0.4 is 0 Å². The Morgan fingerprint density at radius 2 is 1.93 bits per heavy atom. The van der Waals surface area contributed by atoms with Gasteiger partial charge in [0.15, 0.2) is 5.78 Å². The van der Waals surface area contributed by atoms with Gasteiger partial charge >= 0.3 is 0 Å². The van der Waals surface area contributed by atoms with Crippen molar-refractivity contribution in [2.24, 2.45) is 0 Å². The number of benzene rings is 1. The third kappa shape index (κ3) is 1.97. The Bertz CT molecular complexity index is 391. The first-order valence-corrected chi connectivity index (χ1v) is 5.88. The second-order valence-electron chi connectivity index (χ2n) is 4.42. The number of ketones is 1. The van der Waals surface area contributed by atoms with E-state index in [2.05, 4.69) is 26.0 Å². The van der Waals surface area contributed by atoms with Crippen LogP contribution in [-0.2, 0) is 12.8 Å². The minimum atomic E-state index is 0.348. The molecule has 1 aromatic carbocycles. The number of rotatable bonds is 1. The van der Waals surface area contributed by atoms with Crippen LogP contribution >= 0.6 is 0 Å². The van der Waals surface area contributed by atoms with E-state index in [0.717, 1.165) is 37.7 Å². The van der Waals surface area contributed by atoms with Gasteiger partial charge in [-0.1, -0.05) is 13.0 Å². The van der Waals surface area contributed by atoms with Gasteiger partial charge in [-0.25, -0.2) is 0 Å². The molecule has 1 aliphatic rings. The molecule has 0 unspecified atom stereocenters. The molecule has 2 rings (SSSR count). The smallest absolute Gasteiger partial charge is 0.163 e. The molecular weight excluding hydrogens is 184 g/mol. The highest BCUT2D eigenvalue weighted by Crippen LogP contribution is 2.25. The zero-order valence-electron chi connectivity index (χ0n) is 9.60. The molecule has 1 aromatic rings. The third-order valence-corrected chi connectivity index (χ3v) is 3.32. The van der Waals surface area contributed by atoms with Crippen LogP contribution in [0.1, 0.15) is 53.2 Å². The first-order chi connectivity index (χ1) is 7.22.